The molecule has 0 N–H and O–H groups in total. The molecule has 2 aliphatic heterocycles. The Kier molecular flexibility index (Phi) is 4.83. The smallest absolute Gasteiger partial charge is 0.409 e. The van der Waals surface area contributed by atoms with Gasteiger partial charge in [-0.15, -0.1) is 0 Å². The van der Waals surface area contributed by atoms with E-state index in [9.17, 15) is 14.4 Å². The number of nitrogens with zero attached hydrogens (tertiary/aromatic N) is 3. The number of Topliss-reactive ketones (excluding diaryl/α,β-unsaturated/α-hetero) is 1. The Hall–Kier alpha value is -2.70. The van der Waals surface area contributed by atoms with Crippen molar-refractivity contribution in [3.8, 4) is 0 Å². The van der Waals surface area contributed by atoms with Crippen molar-refractivity contribution in [3.63, 3.8) is 0 Å². The van der Waals surface area contributed by atoms with E-state index in [0.29, 0.717) is 38.5 Å². The molecule has 0 radical (unpaired) electrons. The fourth-order valence-corrected chi connectivity index (χ4v) is 3.23. The van der Waals surface area contributed by atoms with Gasteiger partial charge in [-0.25, -0.2) is 4.79 Å². The molecule has 2 aliphatic rings. The van der Waals surface area contributed by atoms with E-state index in [4.69, 9.17) is 4.74 Å². The number of amides is 2. The molecule has 1 saturated heterocycles. The van der Waals surface area contributed by atoms with Gasteiger partial charge in [-0.3, -0.25) is 14.6 Å². The van der Waals surface area contributed by atoms with E-state index in [1.165, 1.54) is 4.90 Å². The predicted molar refractivity (Wildman–Crippen MR) is 92.1 cm³/mol. The van der Waals surface area contributed by atoms with Crippen LogP contribution in [0.2, 0.25) is 0 Å². The molecule has 1 aromatic carbocycles. The second-order valence-corrected chi connectivity index (χ2v) is 6.09. The number of ketones is 1. The maximum absolute atomic E-state index is 12.8. The van der Waals surface area contributed by atoms with E-state index in [-0.39, 0.29) is 6.09 Å². The highest BCUT2D eigenvalue weighted by Crippen LogP contribution is 2.36. The molecule has 3 rings (SSSR count). The van der Waals surface area contributed by atoms with Crippen LogP contribution < -0.4 is 0 Å². The van der Waals surface area contributed by atoms with Crippen molar-refractivity contribution >= 4 is 29.2 Å². The Bertz CT molecular complexity index is 736. The molecule has 0 aliphatic carbocycles. The van der Waals surface area contributed by atoms with Gasteiger partial charge in [-0.05, 0) is 25.5 Å². The third-order valence-corrected chi connectivity index (χ3v) is 4.53. The zero-order valence-corrected chi connectivity index (χ0v) is 14.4. The van der Waals surface area contributed by atoms with Gasteiger partial charge in [0.25, 0.3) is 5.91 Å². The van der Waals surface area contributed by atoms with Gasteiger partial charge in [0.15, 0.2) is 0 Å². The first-order valence-electron chi connectivity index (χ1n) is 8.41. The molecule has 2 amide bonds. The molecule has 132 valence electrons. The van der Waals surface area contributed by atoms with E-state index in [1.807, 2.05) is 24.3 Å². The molecular weight excluding hydrogens is 322 g/mol. The van der Waals surface area contributed by atoms with Crippen LogP contribution in [0.1, 0.15) is 25.3 Å². The summed E-state index contributed by atoms with van der Waals surface area (Å²) in [5, 5.41) is 0. The highest BCUT2D eigenvalue weighted by molar-refractivity contribution is 6.43. The van der Waals surface area contributed by atoms with Crippen LogP contribution in [0.4, 0.5) is 10.5 Å². The molecule has 0 aromatic heterocycles. The van der Waals surface area contributed by atoms with Gasteiger partial charge in [-0.1, -0.05) is 18.2 Å². The molecule has 1 fully saturated rings. The molecule has 2 heterocycles. The van der Waals surface area contributed by atoms with E-state index < -0.39 is 17.6 Å². The summed E-state index contributed by atoms with van der Waals surface area (Å²) < 4.78 is 4.96. The highest BCUT2D eigenvalue weighted by atomic mass is 16.6. The summed E-state index contributed by atoms with van der Waals surface area (Å²) in [6.07, 6.45) is -0.381. The summed E-state index contributed by atoms with van der Waals surface area (Å²) >= 11 is 0. The second-order valence-electron chi connectivity index (χ2n) is 6.09. The molecule has 0 bridgehead atoms. The lowest BCUT2D eigenvalue weighted by molar-refractivity contribution is -0.145. The first-order chi connectivity index (χ1) is 12.0. The number of carbonyl (C=O) groups excluding carboxylic acids is 3. The lowest BCUT2D eigenvalue weighted by Crippen LogP contribution is -2.53. The van der Waals surface area contributed by atoms with Crippen LogP contribution in [-0.4, -0.2) is 66.1 Å². The van der Waals surface area contributed by atoms with Crippen molar-refractivity contribution in [2.45, 2.75) is 19.8 Å². The number of para-hydroxylation sites is 1. The van der Waals surface area contributed by atoms with Crippen LogP contribution in [0, 0.1) is 0 Å². The van der Waals surface area contributed by atoms with Crippen LogP contribution in [0.3, 0.4) is 0 Å². The fraction of sp³-hybridized carbons (Fsp3) is 0.444. The van der Waals surface area contributed by atoms with Crippen molar-refractivity contribution < 1.29 is 19.1 Å². The number of carbonyl (C=O) groups is 3. The van der Waals surface area contributed by atoms with E-state index >= 15 is 0 Å². The highest BCUT2D eigenvalue weighted by Gasteiger charge is 2.37. The Labute approximate surface area is 146 Å². The second kappa shape index (κ2) is 7.04. The number of hydrogen-bond acceptors (Lipinski definition) is 5. The van der Waals surface area contributed by atoms with E-state index in [0.717, 1.165) is 11.3 Å². The lowest BCUT2D eigenvalue weighted by atomic mass is 9.91. The minimum atomic E-state index is -0.605. The number of hydrogen-bond donors (Lipinski definition) is 0. The zero-order chi connectivity index (χ0) is 18.0. The van der Waals surface area contributed by atoms with Crippen LogP contribution in [0.25, 0.3) is 0 Å². The quantitative estimate of drug-likeness (QED) is 0.783. The molecule has 1 atom stereocenters. The van der Waals surface area contributed by atoms with Crippen LogP contribution >= 0.6 is 0 Å². The number of ether oxygens (including phenoxy) is 1. The van der Waals surface area contributed by atoms with Gasteiger partial charge in [0.05, 0.1) is 18.2 Å². The predicted octanol–water partition coefficient (Wildman–Crippen LogP) is 1.75. The van der Waals surface area contributed by atoms with E-state index in [2.05, 4.69) is 4.99 Å². The summed E-state index contributed by atoms with van der Waals surface area (Å²) in [4.78, 5) is 44.6. The van der Waals surface area contributed by atoms with Crippen molar-refractivity contribution in [2.24, 2.45) is 4.99 Å². The standard InChI is InChI=1S/C18H21N3O4/c1-3-25-18(24)21-10-8-20(9-11-21)17(23)16(22)15-12(2)19-14-7-5-4-6-13(14)15/h4-7,15H,3,8-11H2,1-2H3. The number of piperazine rings is 1. The maximum Gasteiger partial charge on any atom is 0.409 e. The van der Waals surface area contributed by atoms with Crippen molar-refractivity contribution in [3.05, 3.63) is 29.8 Å². The first kappa shape index (κ1) is 17.1. The lowest BCUT2D eigenvalue weighted by Gasteiger charge is -2.34. The normalized spacial score (nSPS) is 19.3. The molecular formula is C18H21N3O4. The van der Waals surface area contributed by atoms with Crippen LogP contribution in [0.5, 0.6) is 0 Å². The molecule has 25 heavy (non-hydrogen) atoms. The molecule has 0 saturated carbocycles. The fourth-order valence-electron chi connectivity index (χ4n) is 3.23. The molecule has 7 nitrogen and oxygen atoms in total. The maximum atomic E-state index is 12.8. The third kappa shape index (κ3) is 3.26. The topological polar surface area (TPSA) is 79.3 Å². The minimum Gasteiger partial charge on any atom is -0.450 e. The average molecular weight is 343 g/mol. The Balaban J connectivity index is 1.66. The minimum absolute atomic E-state index is 0.316. The molecule has 7 heteroatoms. The number of rotatable bonds is 3. The van der Waals surface area contributed by atoms with Crippen LogP contribution in [-0.2, 0) is 14.3 Å². The van der Waals surface area contributed by atoms with Crippen molar-refractivity contribution in [1.29, 1.82) is 0 Å². The van der Waals surface area contributed by atoms with Crippen molar-refractivity contribution in [2.75, 3.05) is 32.8 Å². The summed E-state index contributed by atoms with van der Waals surface area (Å²) in [6, 6.07) is 7.38. The van der Waals surface area contributed by atoms with Gasteiger partial charge in [0, 0.05) is 31.9 Å². The third-order valence-electron chi connectivity index (χ3n) is 4.53. The zero-order valence-electron chi connectivity index (χ0n) is 14.4. The summed E-state index contributed by atoms with van der Waals surface area (Å²) in [5.74, 6) is -1.58. The van der Waals surface area contributed by atoms with E-state index in [1.54, 1.807) is 18.7 Å². The van der Waals surface area contributed by atoms with Gasteiger partial charge in [0.2, 0.25) is 5.78 Å². The van der Waals surface area contributed by atoms with Gasteiger partial charge in [0.1, 0.15) is 0 Å². The Morgan fingerprint density at radius 2 is 1.76 bits per heavy atom. The van der Waals surface area contributed by atoms with Crippen molar-refractivity contribution in [1.82, 2.24) is 9.80 Å². The number of aliphatic imine (C=N–C) groups is 1. The Morgan fingerprint density at radius 3 is 2.44 bits per heavy atom. The SMILES string of the molecule is CCOC(=O)N1CCN(C(=O)C(=O)C2C(C)=Nc3ccccc32)CC1. The van der Waals surface area contributed by atoms with Crippen LogP contribution in [0.15, 0.2) is 29.3 Å². The van der Waals surface area contributed by atoms with Gasteiger partial charge in [-0.2, -0.15) is 0 Å². The number of fused-ring (bicyclic) bond motifs is 1. The number of benzene rings is 1. The largest absolute Gasteiger partial charge is 0.450 e. The summed E-state index contributed by atoms with van der Waals surface area (Å²) in [6.45, 7) is 5.23. The first-order valence-corrected chi connectivity index (χ1v) is 8.41. The van der Waals surface area contributed by atoms with Gasteiger partial charge >= 0.3 is 6.09 Å². The molecule has 0 spiro atoms. The summed E-state index contributed by atoms with van der Waals surface area (Å²) in [5.41, 5.74) is 2.17. The molecule has 1 unspecified atom stereocenters. The Morgan fingerprint density at radius 1 is 1.12 bits per heavy atom. The summed E-state index contributed by atoms with van der Waals surface area (Å²) in [7, 11) is 0. The monoisotopic (exact) mass is 343 g/mol. The molecule has 1 aromatic rings. The average Bonchev–Trinajstić information content (AvgIpc) is 2.96. The van der Waals surface area contributed by atoms with Gasteiger partial charge < -0.3 is 14.5 Å².